The summed E-state index contributed by atoms with van der Waals surface area (Å²) in [6.07, 6.45) is 3.60. The Kier molecular flexibility index (Phi) is 13.4. The molecule has 14 nitrogen and oxygen atoms in total. The lowest BCUT2D eigenvalue weighted by Crippen LogP contribution is -2.59. The molecule has 6 atom stereocenters. The lowest BCUT2D eigenvalue weighted by molar-refractivity contribution is -0.145. The van der Waals surface area contributed by atoms with E-state index in [-0.39, 0.29) is 24.8 Å². The molecule has 5 rings (SSSR count). The molecule has 0 radical (unpaired) electrons. The average Bonchev–Trinajstić information content (AvgIpc) is 3.82. The number of nitrogens with zero attached hydrogens (tertiary/aromatic N) is 2. The maximum atomic E-state index is 14.8. The smallest absolute Gasteiger partial charge is 0.408 e. The molecule has 0 unspecified atom stereocenters. The van der Waals surface area contributed by atoms with Gasteiger partial charge in [-0.15, -0.1) is 0 Å². The number of amides is 6. The first-order valence-electron chi connectivity index (χ1n) is 19.7. The van der Waals surface area contributed by atoms with Crippen molar-refractivity contribution in [3.05, 3.63) is 35.9 Å². The van der Waals surface area contributed by atoms with Crippen LogP contribution in [0.1, 0.15) is 96.6 Å². The van der Waals surface area contributed by atoms with Gasteiger partial charge in [-0.1, -0.05) is 62.4 Å². The van der Waals surface area contributed by atoms with Crippen molar-refractivity contribution in [2.75, 3.05) is 27.2 Å². The fourth-order valence-corrected chi connectivity index (χ4v) is 8.31. The third-order valence-electron chi connectivity index (χ3n) is 11.1. The van der Waals surface area contributed by atoms with Crippen molar-refractivity contribution >= 4 is 41.4 Å². The van der Waals surface area contributed by atoms with Crippen LogP contribution in [0, 0.1) is 23.7 Å². The number of alkyl carbamates (subject to hydrolysis) is 1. The summed E-state index contributed by atoms with van der Waals surface area (Å²) in [5.74, 6) is -9.63. The maximum absolute atomic E-state index is 14.8. The number of Topliss-reactive ketones (excluding diaryl/α,β-unsaturated/α-hetero) is 1. The molecule has 6 amide bonds. The zero-order chi connectivity index (χ0) is 40.9. The van der Waals surface area contributed by atoms with Crippen LogP contribution in [0.2, 0.25) is 0 Å². The number of hydrogen-bond donors (Lipinski definition) is 4. The normalized spacial score (nSPS) is 23.5. The molecule has 1 aliphatic heterocycles. The van der Waals surface area contributed by atoms with E-state index in [4.69, 9.17) is 4.74 Å². The summed E-state index contributed by atoms with van der Waals surface area (Å²) < 4.78 is 35.1. The third kappa shape index (κ3) is 11.0. The molecule has 3 saturated carbocycles. The van der Waals surface area contributed by atoms with Crippen molar-refractivity contribution in [1.82, 2.24) is 31.1 Å². The summed E-state index contributed by atoms with van der Waals surface area (Å²) in [6, 6.07) is 3.68. The van der Waals surface area contributed by atoms with Gasteiger partial charge in [-0.05, 0) is 69.3 Å². The number of fused-ring (bicyclic) bond motifs is 1. The van der Waals surface area contributed by atoms with Crippen LogP contribution < -0.4 is 21.3 Å². The Morgan fingerprint density at radius 1 is 0.911 bits per heavy atom. The predicted octanol–water partition coefficient (Wildman–Crippen LogP) is 3.25. The summed E-state index contributed by atoms with van der Waals surface area (Å²) in [5, 5.41) is 10.3. The number of carbonyl (C=O) groups excluding carboxylic acids is 7. The second-order valence-corrected chi connectivity index (χ2v) is 17.1. The number of rotatable bonds is 14. The molecule has 4 N–H and O–H groups in total. The molecule has 0 spiro atoms. The van der Waals surface area contributed by atoms with E-state index < -0.39 is 108 Å². The standard InChI is InChI=1S/C40H56F2N6O8/c1-39(2,3)56-38(55)46-31(25-14-10-7-11-15-25)37(54)48-22-26-19-40(41,42)20-27(26)32(48)34(51)44-28(18-23-16-17-23)33(50)35(52)43-21-29(49)45-30(36(53)47(4)5)24-12-8-6-9-13-24/h6,8-9,12-13,23,25-28,30-32H,7,10-11,14-22H2,1-5H3,(H,43,52)(H,44,51)(H,45,49)(H,46,55)/t26-,27-,28-,30-,31-,32-/m0/s1. The Morgan fingerprint density at radius 3 is 2.18 bits per heavy atom. The molecule has 4 aliphatic rings. The number of hydrogen-bond acceptors (Lipinski definition) is 8. The van der Waals surface area contributed by atoms with E-state index in [1.807, 2.05) is 0 Å². The van der Waals surface area contributed by atoms with Gasteiger partial charge >= 0.3 is 6.09 Å². The SMILES string of the molecule is CN(C)C(=O)[C@@H](NC(=O)CNC(=O)C(=O)[C@H](CC1CC1)NC(=O)[C@@H]1[C@H]2CC(F)(F)C[C@H]2CN1C(=O)[C@@H](NC(=O)OC(C)(C)C)C1CCCCC1)c1ccccc1. The molecule has 0 bridgehead atoms. The minimum atomic E-state index is -3.05. The Bertz CT molecular complexity index is 1640. The number of likely N-dealkylation sites (N-methyl/N-ethyl adjacent to an activating group) is 1. The highest BCUT2D eigenvalue weighted by molar-refractivity contribution is 6.38. The van der Waals surface area contributed by atoms with Crippen LogP contribution in [-0.2, 0) is 33.5 Å². The van der Waals surface area contributed by atoms with Crippen LogP contribution in [0.5, 0.6) is 0 Å². The van der Waals surface area contributed by atoms with Gasteiger partial charge in [-0.2, -0.15) is 0 Å². The van der Waals surface area contributed by atoms with Gasteiger partial charge in [0.2, 0.25) is 35.3 Å². The van der Waals surface area contributed by atoms with Gasteiger partial charge in [-0.3, -0.25) is 28.8 Å². The Morgan fingerprint density at radius 2 is 1.57 bits per heavy atom. The van der Waals surface area contributed by atoms with Crippen molar-refractivity contribution in [3.8, 4) is 0 Å². The summed E-state index contributed by atoms with van der Waals surface area (Å²) in [7, 11) is 3.07. The number of nitrogens with one attached hydrogen (secondary N) is 4. The Labute approximate surface area is 326 Å². The summed E-state index contributed by atoms with van der Waals surface area (Å²) in [6.45, 7) is 4.30. The summed E-state index contributed by atoms with van der Waals surface area (Å²) in [4.78, 5) is 96.9. The topological polar surface area (TPSA) is 183 Å². The van der Waals surface area contributed by atoms with Crippen molar-refractivity contribution < 1.29 is 47.1 Å². The first-order chi connectivity index (χ1) is 26.3. The predicted molar refractivity (Wildman–Crippen MR) is 200 cm³/mol. The number of ether oxygens (including phenoxy) is 1. The van der Waals surface area contributed by atoms with Gasteiger partial charge in [0.25, 0.3) is 5.91 Å². The third-order valence-corrected chi connectivity index (χ3v) is 11.1. The largest absolute Gasteiger partial charge is 0.444 e. The van der Waals surface area contributed by atoms with Gasteiger partial charge in [0.05, 0.1) is 12.6 Å². The van der Waals surface area contributed by atoms with Crippen LogP contribution in [0.25, 0.3) is 0 Å². The van der Waals surface area contributed by atoms with Crippen LogP contribution in [-0.4, -0.2) is 108 Å². The van der Waals surface area contributed by atoms with Crippen molar-refractivity contribution in [2.24, 2.45) is 23.7 Å². The van der Waals surface area contributed by atoms with E-state index in [1.54, 1.807) is 51.1 Å². The molecule has 1 saturated heterocycles. The molecule has 0 aromatic heterocycles. The Balaban J connectivity index is 1.31. The fraction of sp³-hybridized carbons (Fsp3) is 0.675. The maximum Gasteiger partial charge on any atom is 0.408 e. The average molecular weight is 787 g/mol. The molecule has 308 valence electrons. The molecule has 1 heterocycles. The fourth-order valence-electron chi connectivity index (χ4n) is 8.31. The van der Waals surface area contributed by atoms with E-state index in [2.05, 4.69) is 21.3 Å². The van der Waals surface area contributed by atoms with Crippen LogP contribution in [0.4, 0.5) is 13.6 Å². The van der Waals surface area contributed by atoms with E-state index in [1.165, 1.54) is 23.9 Å². The van der Waals surface area contributed by atoms with Gasteiger partial charge < -0.3 is 35.8 Å². The first kappa shape index (κ1) is 42.5. The van der Waals surface area contributed by atoms with E-state index in [0.29, 0.717) is 18.4 Å². The number of alkyl halides is 2. The molecular formula is C40H56F2N6O8. The molecule has 56 heavy (non-hydrogen) atoms. The second-order valence-electron chi connectivity index (χ2n) is 17.1. The van der Waals surface area contributed by atoms with Gasteiger partial charge in [-0.25, -0.2) is 13.6 Å². The molecule has 3 aliphatic carbocycles. The zero-order valence-corrected chi connectivity index (χ0v) is 32.9. The quantitative estimate of drug-likeness (QED) is 0.207. The highest BCUT2D eigenvalue weighted by Gasteiger charge is 2.59. The van der Waals surface area contributed by atoms with Gasteiger partial charge in [0.1, 0.15) is 23.7 Å². The second kappa shape index (κ2) is 17.7. The van der Waals surface area contributed by atoms with Crippen molar-refractivity contribution in [2.45, 2.75) is 121 Å². The molecular weight excluding hydrogens is 730 g/mol. The number of benzene rings is 1. The van der Waals surface area contributed by atoms with E-state index in [0.717, 1.165) is 32.1 Å². The molecule has 16 heteroatoms. The molecule has 1 aromatic carbocycles. The zero-order valence-electron chi connectivity index (χ0n) is 32.9. The number of carbonyl (C=O) groups is 7. The molecule has 1 aromatic rings. The summed E-state index contributed by atoms with van der Waals surface area (Å²) >= 11 is 0. The minimum absolute atomic E-state index is 0.0302. The van der Waals surface area contributed by atoms with Crippen molar-refractivity contribution in [1.29, 1.82) is 0 Å². The highest BCUT2D eigenvalue weighted by atomic mass is 19.3. The lowest BCUT2D eigenvalue weighted by atomic mass is 9.83. The van der Waals surface area contributed by atoms with E-state index >= 15 is 0 Å². The van der Waals surface area contributed by atoms with Crippen molar-refractivity contribution in [3.63, 3.8) is 0 Å². The monoisotopic (exact) mass is 786 g/mol. The van der Waals surface area contributed by atoms with Crippen LogP contribution >= 0.6 is 0 Å². The van der Waals surface area contributed by atoms with Gasteiger partial charge in [0.15, 0.2) is 0 Å². The van der Waals surface area contributed by atoms with E-state index in [9.17, 15) is 42.3 Å². The van der Waals surface area contributed by atoms with Crippen LogP contribution in [0.3, 0.4) is 0 Å². The Hall–Kier alpha value is -4.63. The van der Waals surface area contributed by atoms with Crippen LogP contribution in [0.15, 0.2) is 30.3 Å². The minimum Gasteiger partial charge on any atom is -0.444 e. The number of halogens is 2. The van der Waals surface area contributed by atoms with Gasteiger partial charge in [0, 0.05) is 33.5 Å². The number of ketones is 1. The highest BCUT2D eigenvalue weighted by Crippen LogP contribution is 2.50. The number of likely N-dealkylation sites (tertiary alicyclic amines) is 1. The lowest BCUT2D eigenvalue weighted by Gasteiger charge is -2.36. The summed E-state index contributed by atoms with van der Waals surface area (Å²) in [5.41, 5.74) is -0.334. The first-order valence-corrected chi connectivity index (χ1v) is 19.7. The molecule has 4 fully saturated rings.